The van der Waals surface area contributed by atoms with E-state index in [0.717, 1.165) is 44.5 Å². The zero-order valence-electron chi connectivity index (χ0n) is 18.2. The Bertz CT molecular complexity index is 1790. The van der Waals surface area contributed by atoms with Gasteiger partial charge in [0.2, 0.25) is 5.71 Å². The molecule has 0 saturated heterocycles. The molecule has 0 unspecified atom stereocenters. The Kier molecular flexibility index (Phi) is 4.11. The normalized spacial score (nSPS) is 11.5. The standard InChI is InChI=1S/C30H19N3O/c1-2-8-20(9-3-1)21-15-17-22(18-16-21)33-27-14-5-4-13-26(27)32-29(33)25-11-6-10-23-24-12-7-19-31-30(24)34-28(23)25/h1-19H. The number of fused-ring (bicyclic) bond motifs is 4. The Morgan fingerprint density at radius 2 is 1.38 bits per heavy atom. The topological polar surface area (TPSA) is 43.9 Å². The van der Waals surface area contributed by atoms with Crippen molar-refractivity contribution >= 4 is 33.1 Å². The fourth-order valence-electron chi connectivity index (χ4n) is 4.71. The molecule has 0 aliphatic carbocycles. The summed E-state index contributed by atoms with van der Waals surface area (Å²) in [6.45, 7) is 0. The van der Waals surface area contributed by atoms with Crippen molar-refractivity contribution in [3.8, 4) is 28.2 Å². The maximum atomic E-state index is 6.24. The van der Waals surface area contributed by atoms with Crippen molar-refractivity contribution in [2.24, 2.45) is 0 Å². The van der Waals surface area contributed by atoms with Crippen LogP contribution in [0.1, 0.15) is 0 Å². The highest BCUT2D eigenvalue weighted by Gasteiger charge is 2.19. The molecule has 4 heteroatoms. The van der Waals surface area contributed by atoms with Crippen LogP contribution in [-0.4, -0.2) is 14.5 Å². The van der Waals surface area contributed by atoms with Crippen molar-refractivity contribution < 1.29 is 4.42 Å². The lowest BCUT2D eigenvalue weighted by molar-refractivity contribution is 0.654. The smallest absolute Gasteiger partial charge is 0.227 e. The number of aromatic nitrogens is 3. The Hall–Kier alpha value is -4.70. The maximum Gasteiger partial charge on any atom is 0.227 e. The summed E-state index contributed by atoms with van der Waals surface area (Å²) >= 11 is 0. The third kappa shape index (κ3) is 2.86. The Morgan fingerprint density at radius 1 is 0.618 bits per heavy atom. The quantitative estimate of drug-likeness (QED) is 0.285. The van der Waals surface area contributed by atoms with Gasteiger partial charge in [0.25, 0.3) is 0 Å². The summed E-state index contributed by atoms with van der Waals surface area (Å²) in [5.74, 6) is 0.846. The van der Waals surface area contributed by atoms with Crippen LogP contribution >= 0.6 is 0 Å². The summed E-state index contributed by atoms with van der Waals surface area (Å²) in [5.41, 5.74) is 7.80. The van der Waals surface area contributed by atoms with Gasteiger partial charge < -0.3 is 4.42 Å². The summed E-state index contributed by atoms with van der Waals surface area (Å²) in [6.07, 6.45) is 1.76. The number of para-hydroxylation sites is 3. The first kappa shape index (κ1) is 18.8. The predicted octanol–water partition coefficient (Wildman–Crippen LogP) is 7.65. The van der Waals surface area contributed by atoms with Gasteiger partial charge >= 0.3 is 0 Å². The number of benzene rings is 4. The van der Waals surface area contributed by atoms with Crippen LogP contribution < -0.4 is 0 Å². The van der Waals surface area contributed by atoms with Crippen molar-refractivity contribution in [1.82, 2.24) is 14.5 Å². The number of hydrogen-bond acceptors (Lipinski definition) is 3. The third-order valence-electron chi connectivity index (χ3n) is 6.31. The van der Waals surface area contributed by atoms with Crippen LogP contribution in [0, 0.1) is 0 Å². The van der Waals surface area contributed by atoms with Gasteiger partial charge in [0.1, 0.15) is 11.4 Å². The van der Waals surface area contributed by atoms with Gasteiger partial charge in [0.05, 0.1) is 16.6 Å². The second-order valence-electron chi connectivity index (χ2n) is 8.31. The lowest BCUT2D eigenvalue weighted by atomic mass is 10.1. The minimum Gasteiger partial charge on any atom is -0.437 e. The number of imidazole rings is 1. The molecule has 0 spiro atoms. The maximum absolute atomic E-state index is 6.24. The molecule has 7 rings (SSSR count). The molecular weight excluding hydrogens is 418 g/mol. The van der Waals surface area contributed by atoms with E-state index >= 15 is 0 Å². The molecule has 4 nitrogen and oxygen atoms in total. The van der Waals surface area contributed by atoms with Crippen LogP contribution in [0.5, 0.6) is 0 Å². The number of pyridine rings is 1. The molecule has 0 aliphatic rings. The fraction of sp³-hybridized carbons (Fsp3) is 0. The van der Waals surface area contributed by atoms with Crippen LogP contribution in [-0.2, 0) is 0 Å². The molecule has 0 N–H and O–H groups in total. The molecule has 3 aromatic heterocycles. The van der Waals surface area contributed by atoms with Crippen molar-refractivity contribution in [3.05, 3.63) is 115 Å². The lowest BCUT2D eigenvalue weighted by Gasteiger charge is -2.11. The molecule has 0 saturated carbocycles. The number of rotatable bonds is 3. The number of furan rings is 1. The highest BCUT2D eigenvalue weighted by Crippen LogP contribution is 2.37. The molecule has 0 amide bonds. The second kappa shape index (κ2) is 7.42. The van der Waals surface area contributed by atoms with E-state index in [9.17, 15) is 0 Å². The SMILES string of the molecule is c1ccc(-c2ccc(-n3c(-c4cccc5c4oc4ncccc45)nc4ccccc43)cc2)cc1. The third-order valence-corrected chi connectivity index (χ3v) is 6.31. The summed E-state index contributed by atoms with van der Waals surface area (Å²) < 4.78 is 8.45. The van der Waals surface area contributed by atoms with Crippen molar-refractivity contribution in [3.63, 3.8) is 0 Å². The van der Waals surface area contributed by atoms with Gasteiger partial charge in [-0.2, -0.15) is 0 Å². The molecule has 0 aliphatic heterocycles. The molecule has 4 aromatic carbocycles. The van der Waals surface area contributed by atoms with Gasteiger partial charge in [-0.3, -0.25) is 4.57 Å². The van der Waals surface area contributed by atoms with Crippen molar-refractivity contribution in [2.75, 3.05) is 0 Å². The molecule has 7 aromatic rings. The number of nitrogens with zero attached hydrogens (tertiary/aromatic N) is 3. The van der Waals surface area contributed by atoms with Gasteiger partial charge in [0.15, 0.2) is 0 Å². The molecule has 34 heavy (non-hydrogen) atoms. The molecule has 0 atom stereocenters. The summed E-state index contributed by atoms with van der Waals surface area (Å²) in [7, 11) is 0. The minimum absolute atomic E-state index is 0.639. The van der Waals surface area contributed by atoms with Gasteiger partial charge in [0, 0.05) is 22.7 Å². The average Bonchev–Trinajstić information content (AvgIpc) is 3.48. The molecule has 0 radical (unpaired) electrons. The van der Waals surface area contributed by atoms with Gasteiger partial charge in [-0.15, -0.1) is 0 Å². The van der Waals surface area contributed by atoms with E-state index < -0.39 is 0 Å². The van der Waals surface area contributed by atoms with E-state index in [1.807, 2.05) is 36.4 Å². The first-order chi connectivity index (χ1) is 16.9. The first-order valence-electron chi connectivity index (χ1n) is 11.3. The lowest BCUT2D eigenvalue weighted by Crippen LogP contribution is -1.98. The van der Waals surface area contributed by atoms with Crippen LogP contribution in [0.2, 0.25) is 0 Å². The van der Waals surface area contributed by atoms with Crippen LogP contribution in [0.3, 0.4) is 0 Å². The highest BCUT2D eigenvalue weighted by molar-refractivity contribution is 6.08. The van der Waals surface area contributed by atoms with E-state index in [4.69, 9.17) is 9.40 Å². The molecule has 160 valence electrons. The highest BCUT2D eigenvalue weighted by atomic mass is 16.3. The van der Waals surface area contributed by atoms with E-state index in [-0.39, 0.29) is 0 Å². The Labute approximate surface area is 195 Å². The van der Waals surface area contributed by atoms with E-state index in [1.54, 1.807) is 6.20 Å². The monoisotopic (exact) mass is 437 g/mol. The number of hydrogen-bond donors (Lipinski definition) is 0. The van der Waals surface area contributed by atoms with Crippen molar-refractivity contribution in [1.29, 1.82) is 0 Å². The van der Waals surface area contributed by atoms with Gasteiger partial charge in [-0.1, -0.05) is 66.7 Å². The van der Waals surface area contributed by atoms with Gasteiger partial charge in [-0.05, 0) is 53.6 Å². The molecular formula is C30H19N3O. The minimum atomic E-state index is 0.639. The van der Waals surface area contributed by atoms with E-state index in [2.05, 4.69) is 82.3 Å². The van der Waals surface area contributed by atoms with Crippen LogP contribution in [0.15, 0.2) is 120 Å². The summed E-state index contributed by atoms with van der Waals surface area (Å²) in [5, 5.41) is 2.05. The second-order valence-corrected chi connectivity index (χ2v) is 8.31. The first-order valence-corrected chi connectivity index (χ1v) is 11.3. The zero-order valence-corrected chi connectivity index (χ0v) is 18.2. The fourth-order valence-corrected chi connectivity index (χ4v) is 4.71. The van der Waals surface area contributed by atoms with Crippen LogP contribution in [0.25, 0.3) is 61.3 Å². The average molecular weight is 438 g/mol. The zero-order chi connectivity index (χ0) is 22.5. The molecule has 0 bridgehead atoms. The van der Waals surface area contributed by atoms with E-state index in [0.29, 0.717) is 5.71 Å². The summed E-state index contributed by atoms with van der Waals surface area (Å²) in [4.78, 5) is 9.46. The predicted molar refractivity (Wildman–Crippen MR) is 137 cm³/mol. The largest absolute Gasteiger partial charge is 0.437 e. The molecule has 3 heterocycles. The van der Waals surface area contributed by atoms with Crippen molar-refractivity contribution in [2.45, 2.75) is 0 Å². The van der Waals surface area contributed by atoms with Gasteiger partial charge in [-0.25, -0.2) is 9.97 Å². The van der Waals surface area contributed by atoms with Crippen LogP contribution in [0.4, 0.5) is 0 Å². The Balaban J connectivity index is 1.47. The Morgan fingerprint density at radius 3 is 2.26 bits per heavy atom. The summed E-state index contributed by atoms with van der Waals surface area (Å²) in [6, 6.07) is 37.5. The van der Waals surface area contributed by atoms with E-state index in [1.165, 1.54) is 11.1 Å². The molecule has 0 fully saturated rings.